The number of nitrogens with one attached hydrogen (secondary N) is 1. The minimum absolute atomic E-state index is 0.240. The van der Waals surface area contributed by atoms with Gasteiger partial charge in [0.05, 0.1) is 17.5 Å². The molecule has 0 spiro atoms. The van der Waals surface area contributed by atoms with Crippen LogP contribution in [0.2, 0.25) is 0 Å². The summed E-state index contributed by atoms with van der Waals surface area (Å²) in [4.78, 5) is 20.7. The molecule has 92 valence electrons. The van der Waals surface area contributed by atoms with Gasteiger partial charge in [-0.3, -0.25) is 10.1 Å². The van der Waals surface area contributed by atoms with Gasteiger partial charge < -0.3 is 20.0 Å². The second-order valence-corrected chi connectivity index (χ2v) is 3.19. The summed E-state index contributed by atoms with van der Waals surface area (Å²) in [6.45, 7) is 0.790. The van der Waals surface area contributed by atoms with E-state index in [4.69, 9.17) is 4.74 Å². The normalized spacial score (nSPS) is 9.94. The number of methoxy groups -OCH3 is 1. The van der Waals surface area contributed by atoms with Gasteiger partial charge in [0.2, 0.25) is 0 Å². The molecular weight excluding hydrogens is 228 g/mol. The maximum absolute atomic E-state index is 10.8. The third-order valence-electron chi connectivity index (χ3n) is 2.06. The lowest BCUT2D eigenvalue weighted by molar-refractivity contribution is -0.385. The largest absolute Gasteiger partial charge is 0.545 e. The number of hydrogen-bond acceptors (Lipinski definition) is 6. The van der Waals surface area contributed by atoms with Crippen LogP contribution in [-0.2, 0) is 4.74 Å². The number of carboxylic acid groups (broad SMARTS) is 1. The van der Waals surface area contributed by atoms with Crippen LogP contribution in [-0.4, -0.2) is 31.2 Å². The van der Waals surface area contributed by atoms with Gasteiger partial charge in [0.25, 0.3) is 5.69 Å². The Kier molecular flexibility index (Phi) is 4.41. The highest BCUT2D eigenvalue weighted by Crippen LogP contribution is 2.21. The second kappa shape index (κ2) is 5.80. The number of carboxylic acids is 1. The highest BCUT2D eigenvalue weighted by molar-refractivity contribution is 5.93. The van der Waals surface area contributed by atoms with Crippen molar-refractivity contribution < 1.29 is 19.6 Å². The van der Waals surface area contributed by atoms with Crippen LogP contribution in [0.1, 0.15) is 10.4 Å². The minimum atomic E-state index is -1.46. The number of benzene rings is 1. The van der Waals surface area contributed by atoms with Crippen molar-refractivity contribution >= 4 is 17.3 Å². The Morgan fingerprint density at radius 2 is 2.24 bits per heavy atom. The van der Waals surface area contributed by atoms with Crippen LogP contribution in [0.5, 0.6) is 0 Å². The predicted octanol–water partition coefficient (Wildman–Crippen LogP) is 0.0166. The summed E-state index contributed by atoms with van der Waals surface area (Å²) >= 11 is 0. The Balaban J connectivity index is 2.96. The molecule has 0 saturated carbocycles. The van der Waals surface area contributed by atoms with Crippen molar-refractivity contribution in [1.29, 1.82) is 0 Å². The number of hydrogen-bond donors (Lipinski definition) is 1. The quantitative estimate of drug-likeness (QED) is 0.426. The number of carbonyl (C=O) groups excluding carboxylic acids is 1. The number of rotatable bonds is 6. The van der Waals surface area contributed by atoms with Gasteiger partial charge in [0.15, 0.2) is 0 Å². The smallest absolute Gasteiger partial charge is 0.270 e. The molecule has 0 aromatic heterocycles. The number of aromatic carboxylic acids is 1. The molecule has 1 aromatic rings. The molecule has 0 amide bonds. The predicted molar refractivity (Wildman–Crippen MR) is 57.8 cm³/mol. The highest BCUT2D eigenvalue weighted by atomic mass is 16.6. The van der Waals surface area contributed by atoms with Gasteiger partial charge in [-0.15, -0.1) is 0 Å². The van der Waals surface area contributed by atoms with E-state index in [-0.39, 0.29) is 16.9 Å². The van der Waals surface area contributed by atoms with Gasteiger partial charge >= 0.3 is 0 Å². The van der Waals surface area contributed by atoms with Crippen LogP contribution in [0.15, 0.2) is 18.2 Å². The number of non-ortho nitro benzene ring substituents is 1. The number of anilines is 1. The third kappa shape index (κ3) is 3.42. The molecule has 0 unspecified atom stereocenters. The van der Waals surface area contributed by atoms with Crippen molar-refractivity contribution in [2.24, 2.45) is 0 Å². The fraction of sp³-hybridized carbons (Fsp3) is 0.300. The maximum atomic E-state index is 10.8. The zero-order valence-corrected chi connectivity index (χ0v) is 9.13. The zero-order valence-electron chi connectivity index (χ0n) is 9.13. The van der Waals surface area contributed by atoms with Crippen molar-refractivity contribution in [1.82, 2.24) is 0 Å². The zero-order chi connectivity index (χ0) is 12.8. The Bertz CT molecular complexity index is 433. The first kappa shape index (κ1) is 12.9. The van der Waals surface area contributed by atoms with E-state index in [2.05, 4.69) is 5.32 Å². The lowest BCUT2D eigenvalue weighted by Crippen LogP contribution is -2.24. The van der Waals surface area contributed by atoms with Crippen molar-refractivity contribution in [3.63, 3.8) is 0 Å². The number of nitro benzene ring substituents is 1. The van der Waals surface area contributed by atoms with E-state index in [9.17, 15) is 20.0 Å². The van der Waals surface area contributed by atoms with E-state index in [1.54, 1.807) is 0 Å². The summed E-state index contributed by atoms with van der Waals surface area (Å²) in [5.41, 5.74) is -0.260. The Labute approximate surface area is 97.2 Å². The van der Waals surface area contributed by atoms with Crippen LogP contribution in [0, 0.1) is 10.1 Å². The van der Waals surface area contributed by atoms with Crippen molar-refractivity contribution in [2.45, 2.75) is 0 Å². The van der Waals surface area contributed by atoms with E-state index < -0.39 is 10.9 Å². The molecule has 7 heteroatoms. The van der Waals surface area contributed by atoms with Gasteiger partial charge in [-0.2, -0.15) is 0 Å². The Morgan fingerprint density at radius 3 is 2.76 bits per heavy atom. The van der Waals surface area contributed by atoms with Gasteiger partial charge in [-0.05, 0) is 6.07 Å². The molecular formula is C10H11N2O5-. The van der Waals surface area contributed by atoms with Gasteiger partial charge in [-0.1, -0.05) is 0 Å². The van der Waals surface area contributed by atoms with Crippen molar-refractivity contribution in [3.05, 3.63) is 33.9 Å². The van der Waals surface area contributed by atoms with E-state index in [0.29, 0.717) is 13.2 Å². The monoisotopic (exact) mass is 239 g/mol. The summed E-state index contributed by atoms with van der Waals surface area (Å²) < 4.78 is 4.79. The molecule has 0 radical (unpaired) electrons. The lowest BCUT2D eigenvalue weighted by Gasteiger charge is -2.12. The summed E-state index contributed by atoms with van der Waals surface area (Å²) in [6, 6.07) is 3.52. The molecule has 17 heavy (non-hydrogen) atoms. The average Bonchev–Trinajstić information content (AvgIpc) is 2.29. The van der Waals surface area contributed by atoms with Crippen LogP contribution < -0.4 is 10.4 Å². The number of carbonyl (C=O) groups is 1. The van der Waals surface area contributed by atoms with Gasteiger partial charge in [0, 0.05) is 37.0 Å². The number of nitrogens with zero attached hydrogens (tertiary/aromatic N) is 1. The number of ether oxygens (including phenoxy) is 1. The topological polar surface area (TPSA) is 105 Å². The van der Waals surface area contributed by atoms with Crippen LogP contribution in [0.25, 0.3) is 0 Å². The van der Waals surface area contributed by atoms with E-state index in [1.165, 1.54) is 19.2 Å². The van der Waals surface area contributed by atoms with Crippen molar-refractivity contribution in [3.8, 4) is 0 Å². The van der Waals surface area contributed by atoms with E-state index >= 15 is 0 Å². The van der Waals surface area contributed by atoms with Crippen LogP contribution >= 0.6 is 0 Å². The summed E-state index contributed by atoms with van der Waals surface area (Å²) in [5.74, 6) is -1.46. The highest BCUT2D eigenvalue weighted by Gasteiger charge is 2.11. The summed E-state index contributed by atoms with van der Waals surface area (Å²) in [6.07, 6.45) is 0. The molecule has 1 N–H and O–H groups in total. The number of nitro groups is 1. The fourth-order valence-corrected chi connectivity index (χ4v) is 1.26. The molecule has 0 aliphatic rings. The molecule has 0 fully saturated rings. The SMILES string of the molecule is COCCNc1ccc([N+](=O)[O-])cc1C(=O)[O-]. The molecule has 0 aliphatic heterocycles. The molecule has 0 aliphatic carbocycles. The third-order valence-corrected chi connectivity index (χ3v) is 2.06. The van der Waals surface area contributed by atoms with Crippen molar-refractivity contribution in [2.75, 3.05) is 25.6 Å². The molecule has 0 heterocycles. The summed E-state index contributed by atoms with van der Waals surface area (Å²) in [5, 5.41) is 24.1. The average molecular weight is 239 g/mol. The van der Waals surface area contributed by atoms with E-state index in [1.807, 2.05) is 0 Å². The molecule has 1 aromatic carbocycles. The lowest BCUT2D eigenvalue weighted by atomic mass is 10.1. The summed E-state index contributed by atoms with van der Waals surface area (Å²) in [7, 11) is 1.51. The molecule has 0 saturated heterocycles. The van der Waals surface area contributed by atoms with Crippen LogP contribution in [0.4, 0.5) is 11.4 Å². The van der Waals surface area contributed by atoms with E-state index in [0.717, 1.165) is 6.07 Å². The fourth-order valence-electron chi connectivity index (χ4n) is 1.26. The molecule has 0 bridgehead atoms. The molecule has 0 atom stereocenters. The first-order valence-electron chi connectivity index (χ1n) is 4.79. The molecule has 1 rings (SSSR count). The standard InChI is InChI=1S/C10H12N2O5/c1-17-5-4-11-9-3-2-7(12(15)16)6-8(9)10(13)14/h2-3,6,11H,4-5H2,1H3,(H,13,14)/p-1. The van der Waals surface area contributed by atoms with Crippen LogP contribution in [0.3, 0.4) is 0 Å². The second-order valence-electron chi connectivity index (χ2n) is 3.19. The van der Waals surface area contributed by atoms with Gasteiger partial charge in [0.1, 0.15) is 0 Å². The Morgan fingerprint density at radius 1 is 1.53 bits per heavy atom. The minimum Gasteiger partial charge on any atom is -0.545 e. The Hall–Kier alpha value is -2.15. The maximum Gasteiger partial charge on any atom is 0.270 e. The molecule has 7 nitrogen and oxygen atoms in total. The van der Waals surface area contributed by atoms with Gasteiger partial charge in [-0.25, -0.2) is 0 Å². The first-order chi connectivity index (χ1) is 8.06. The first-order valence-corrected chi connectivity index (χ1v) is 4.79.